The Bertz CT molecular complexity index is 290. The molecule has 0 aliphatic carbocycles. The molecule has 0 heterocycles. The highest BCUT2D eigenvalue weighted by Gasteiger charge is 2.00. The van der Waals surface area contributed by atoms with Gasteiger partial charge in [-0.15, -0.1) is 0 Å². The molecule has 0 spiro atoms. The number of benzene rings is 1. The highest BCUT2D eigenvalue weighted by molar-refractivity contribution is 5.90. The van der Waals surface area contributed by atoms with Gasteiger partial charge in [0.2, 0.25) is 12.6 Å². The number of aryl methyl sites for hydroxylation is 1. The monoisotopic (exact) mass is 146 g/mol. The van der Waals surface area contributed by atoms with Crippen molar-refractivity contribution in [2.45, 2.75) is 6.92 Å². The SMILES string of the molecule is Cc1ccc([C]=O)c([C]=O)c1. The minimum Gasteiger partial charge on any atom is -0.285 e. The molecule has 0 saturated heterocycles. The lowest BCUT2D eigenvalue weighted by Crippen LogP contribution is -1.91. The standard InChI is InChI=1S/C9H6O2/c1-7-2-3-8(5-10)9(4-7)6-11/h2-4H,1H3. The van der Waals surface area contributed by atoms with Crippen LogP contribution in [0.15, 0.2) is 18.2 Å². The van der Waals surface area contributed by atoms with E-state index in [-0.39, 0.29) is 11.1 Å². The van der Waals surface area contributed by atoms with Gasteiger partial charge in [0.25, 0.3) is 0 Å². The molecular weight excluding hydrogens is 140 g/mol. The second-order valence-electron chi connectivity index (χ2n) is 2.25. The summed E-state index contributed by atoms with van der Waals surface area (Å²) in [4.78, 5) is 20.4. The zero-order valence-corrected chi connectivity index (χ0v) is 6.05. The number of hydrogen-bond acceptors (Lipinski definition) is 2. The zero-order chi connectivity index (χ0) is 8.27. The first-order chi connectivity index (χ1) is 5.27. The average molecular weight is 146 g/mol. The summed E-state index contributed by atoms with van der Waals surface area (Å²) in [6.45, 7) is 1.84. The largest absolute Gasteiger partial charge is 0.285 e. The van der Waals surface area contributed by atoms with Gasteiger partial charge in [-0.05, 0) is 19.1 Å². The molecule has 0 fully saturated rings. The van der Waals surface area contributed by atoms with Gasteiger partial charge in [0.1, 0.15) is 0 Å². The van der Waals surface area contributed by atoms with Crippen LogP contribution in [0.25, 0.3) is 0 Å². The fourth-order valence-electron chi connectivity index (χ4n) is 0.832. The van der Waals surface area contributed by atoms with Gasteiger partial charge in [-0.2, -0.15) is 0 Å². The molecule has 0 amide bonds. The molecule has 0 atom stereocenters. The van der Waals surface area contributed by atoms with E-state index in [9.17, 15) is 9.59 Å². The molecule has 0 aliphatic heterocycles. The lowest BCUT2D eigenvalue weighted by Gasteiger charge is -1.95. The first-order valence-electron chi connectivity index (χ1n) is 3.15. The van der Waals surface area contributed by atoms with Crippen molar-refractivity contribution in [2.75, 3.05) is 0 Å². The van der Waals surface area contributed by atoms with E-state index >= 15 is 0 Å². The van der Waals surface area contributed by atoms with E-state index in [1.165, 1.54) is 0 Å². The quantitative estimate of drug-likeness (QED) is 0.621. The van der Waals surface area contributed by atoms with Gasteiger partial charge in [-0.1, -0.05) is 11.6 Å². The van der Waals surface area contributed by atoms with Gasteiger partial charge in [-0.3, -0.25) is 9.59 Å². The van der Waals surface area contributed by atoms with Crippen LogP contribution in [-0.2, 0) is 9.59 Å². The second kappa shape index (κ2) is 3.10. The van der Waals surface area contributed by atoms with Gasteiger partial charge >= 0.3 is 0 Å². The van der Waals surface area contributed by atoms with Crippen molar-refractivity contribution >= 4 is 12.6 Å². The first kappa shape index (κ1) is 7.66. The third-order valence-electron chi connectivity index (χ3n) is 1.39. The molecule has 2 heteroatoms. The van der Waals surface area contributed by atoms with Gasteiger partial charge in [0.05, 0.1) is 0 Å². The Morgan fingerprint density at radius 2 is 1.73 bits per heavy atom. The average Bonchev–Trinajstić information content (AvgIpc) is 2.04. The molecule has 54 valence electrons. The topological polar surface area (TPSA) is 34.1 Å². The predicted octanol–water partition coefficient (Wildman–Crippen LogP) is 0.911. The maximum absolute atomic E-state index is 10.2. The Morgan fingerprint density at radius 3 is 2.27 bits per heavy atom. The molecule has 1 rings (SSSR count). The molecule has 0 saturated carbocycles. The zero-order valence-electron chi connectivity index (χ0n) is 6.05. The summed E-state index contributed by atoms with van der Waals surface area (Å²) in [5.74, 6) is 0. The molecular formula is C9H6O2. The van der Waals surface area contributed by atoms with E-state index < -0.39 is 0 Å². The van der Waals surface area contributed by atoms with Gasteiger partial charge in [0.15, 0.2) is 0 Å². The minimum absolute atomic E-state index is 0.269. The molecule has 1 aromatic rings. The Kier molecular flexibility index (Phi) is 2.16. The second-order valence-corrected chi connectivity index (χ2v) is 2.25. The first-order valence-corrected chi connectivity index (χ1v) is 3.15. The van der Waals surface area contributed by atoms with Crippen molar-refractivity contribution in [3.05, 3.63) is 34.9 Å². The molecule has 11 heavy (non-hydrogen) atoms. The maximum Gasteiger partial charge on any atom is 0.234 e. The Labute approximate surface area is 64.8 Å². The van der Waals surface area contributed by atoms with Crippen LogP contribution in [0.5, 0.6) is 0 Å². The van der Waals surface area contributed by atoms with E-state index in [4.69, 9.17) is 0 Å². The van der Waals surface area contributed by atoms with Gasteiger partial charge < -0.3 is 0 Å². The maximum atomic E-state index is 10.2. The van der Waals surface area contributed by atoms with E-state index in [2.05, 4.69) is 0 Å². The summed E-state index contributed by atoms with van der Waals surface area (Å²) < 4.78 is 0. The van der Waals surface area contributed by atoms with Crippen LogP contribution < -0.4 is 0 Å². The number of hydrogen-bond donors (Lipinski definition) is 0. The van der Waals surface area contributed by atoms with E-state index in [0.29, 0.717) is 0 Å². The van der Waals surface area contributed by atoms with E-state index in [0.717, 1.165) is 5.56 Å². The Balaban J connectivity index is 3.26. The van der Waals surface area contributed by atoms with Crippen LogP contribution in [0, 0.1) is 6.92 Å². The van der Waals surface area contributed by atoms with Crippen molar-refractivity contribution in [3.63, 3.8) is 0 Å². The van der Waals surface area contributed by atoms with Crippen LogP contribution in [-0.4, -0.2) is 12.6 Å². The summed E-state index contributed by atoms with van der Waals surface area (Å²) in [6.07, 6.45) is 3.34. The van der Waals surface area contributed by atoms with E-state index in [1.54, 1.807) is 30.8 Å². The van der Waals surface area contributed by atoms with Crippen molar-refractivity contribution < 1.29 is 9.59 Å². The van der Waals surface area contributed by atoms with Crippen LogP contribution in [0.3, 0.4) is 0 Å². The lowest BCUT2D eigenvalue weighted by atomic mass is 10.1. The summed E-state index contributed by atoms with van der Waals surface area (Å²) in [5, 5.41) is 0. The highest BCUT2D eigenvalue weighted by Crippen LogP contribution is 2.06. The molecule has 2 nitrogen and oxygen atoms in total. The predicted molar refractivity (Wildman–Crippen MR) is 40.8 cm³/mol. The fourth-order valence-corrected chi connectivity index (χ4v) is 0.832. The van der Waals surface area contributed by atoms with Crippen molar-refractivity contribution in [1.29, 1.82) is 0 Å². The molecule has 0 bridgehead atoms. The molecule has 0 aromatic heterocycles. The normalized spacial score (nSPS) is 9.18. The third-order valence-corrected chi connectivity index (χ3v) is 1.39. The Hall–Kier alpha value is -1.44. The number of carbonyl (C=O) groups excluding carboxylic acids is 2. The van der Waals surface area contributed by atoms with Crippen LogP contribution in [0.2, 0.25) is 0 Å². The fraction of sp³-hybridized carbons (Fsp3) is 0.111. The highest BCUT2D eigenvalue weighted by atomic mass is 16.1. The number of rotatable bonds is 2. The van der Waals surface area contributed by atoms with Crippen molar-refractivity contribution in [2.24, 2.45) is 0 Å². The molecule has 1 aromatic carbocycles. The third kappa shape index (κ3) is 1.52. The summed E-state index contributed by atoms with van der Waals surface area (Å²) in [7, 11) is 0. The lowest BCUT2D eigenvalue weighted by molar-refractivity contribution is 0.558. The van der Waals surface area contributed by atoms with Crippen molar-refractivity contribution in [1.82, 2.24) is 0 Å². The summed E-state index contributed by atoms with van der Waals surface area (Å²) in [6, 6.07) is 4.91. The minimum atomic E-state index is 0.269. The molecule has 0 aliphatic rings. The molecule has 0 unspecified atom stereocenters. The molecule has 0 N–H and O–H groups in total. The Morgan fingerprint density at radius 1 is 1.09 bits per heavy atom. The van der Waals surface area contributed by atoms with Crippen molar-refractivity contribution in [3.8, 4) is 0 Å². The summed E-state index contributed by atoms with van der Waals surface area (Å²) in [5.41, 5.74) is 1.48. The molecule has 2 radical (unpaired) electrons. The van der Waals surface area contributed by atoms with Crippen LogP contribution in [0.4, 0.5) is 0 Å². The van der Waals surface area contributed by atoms with E-state index in [1.807, 2.05) is 6.92 Å². The van der Waals surface area contributed by atoms with Gasteiger partial charge in [0, 0.05) is 11.1 Å². The smallest absolute Gasteiger partial charge is 0.234 e. The van der Waals surface area contributed by atoms with Crippen LogP contribution >= 0.6 is 0 Å². The van der Waals surface area contributed by atoms with Gasteiger partial charge in [-0.25, -0.2) is 0 Å². The summed E-state index contributed by atoms with van der Waals surface area (Å²) >= 11 is 0. The van der Waals surface area contributed by atoms with Crippen LogP contribution in [0.1, 0.15) is 16.7 Å².